The molecule has 2 fully saturated rings. The molecule has 0 radical (unpaired) electrons. The summed E-state index contributed by atoms with van der Waals surface area (Å²) in [7, 11) is 0. The van der Waals surface area contributed by atoms with Gasteiger partial charge in [-0.15, -0.1) is 0 Å². The van der Waals surface area contributed by atoms with Gasteiger partial charge in [0.15, 0.2) is 11.6 Å². The normalized spacial score (nSPS) is 18.7. The number of rotatable bonds is 3. The molecule has 3 aromatic heterocycles. The minimum absolute atomic E-state index is 0.464. The molecule has 5 heterocycles. The minimum Gasteiger partial charge on any atom is -0.353 e. The van der Waals surface area contributed by atoms with E-state index in [0.29, 0.717) is 11.3 Å². The van der Waals surface area contributed by atoms with E-state index in [1.165, 1.54) is 25.7 Å². The second kappa shape index (κ2) is 8.14. The van der Waals surface area contributed by atoms with E-state index in [2.05, 4.69) is 35.0 Å². The van der Waals surface area contributed by atoms with Crippen LogP contribution in [0.2, 0.25) is 0 Å². The number of aromatic nitrogens is 6. The van der Waals surface area contributed by atoms with Crippen molar-refractivity contribution in [3.05, 3.63) is 18.5 Å². The Morgan fingerprint density at radius 2 is 1.17 bits per heavy atom. The van der Waals surface area contributed by atoms with Crippen LogP contribution in [0.25, 0.3) is 11.3 Å². The average Bonchev–Trinajstić information content (AvgIpc) is 2.96. The van der Waals surface area contributed by atoms with Gasteiger partial charge >= 0.3 is 0 Å². The first-order valence-electron chi connectivity index (χ1n) is 10.4. The van der Waals surface area contributed by atoms with Gasteiger partial charge in [-0.1, -0.05) is 12.8 Å². The molecule has 29 heavy (non-hydrogen) atoms. The van der Waals surface area contributed by atoms with Crippen molar-refractivity contribution in [1.82, 2.24) is 30.2 Å². The molecule has 0 unspecified atom stereocenters. The molecule has 5 rings (SSSR count). The van der Waals surface area contributed by atoms with Gasteiger partial charge in [-0.2, -0.15) is 0 Å². The summed E-state index contributed by atoms with van der Waals surface area (Å²) in [4.78, 5) is 25.3. The zero-order valence-corrected chi connectivity index (χ0v) is 16.4. The Hall–Kier alpha value is -3.04. The van der Waals surface area contributed by atoms with E-state index in [4.69, 9.17) is 14.6 Å². The van der Waals surface area contributed by atoms with E-state index < -0.39 is 0 Å². The van der Waals surface area contributed by atoms with Crippen LogP contribution in [0.4, 0.5) is 17.6 Å². The van der Waals surface area contributed by atoms with Gasteiger partial charge in [0.2, 0.25) is 17.2 Å². The van der Waals surface area contributed by atoms with Crippen molar-refractivity contribution in [3.63, 3.8) is 0 Å². The summed E-state index contributed by atoms with van der Waals surface area (Å²) >= 11 is 0. The molecule has 0 bridgehead atoms. The van der Waals surface area contributed by atoms with E-state index in [1.54, 1.807) is 12.4 Å². The Labute approximate surface area is 168 Å². The third-order valence-corrected chi connectivity index (χ3v) is 5.61. The number of hydrogen-bond donors (Lipinski definition) is 0. The number of nitrogens with zero attached hydrogens (tertiary/aromatic N) is 9. The van der Waals surface area contributed by atoms with Gasteiger partial charge in [0.1, 0.15) is 0 Å². The molecule has 0 aromatic carbocycles. The van der Waals surface area contributed by atoms with Crippen molar-refractivity contribution < 1.29 is 4.63 Å². The monoisotopic (exact) mass is 395 g/mol. The average molecular weight is 395 g/mol. The Morgan fingerprint density at radius 3 is 1.86 bits per heavy atom. The number of anilines is 3. The third kappa shape index (κ3) is 3.79. The fourth-order valence-electron chi connectivity index (χ4n) is 4.11. The lowest BCUT2D eigenvalue weighted by molar-refractivity contribution is 0.314. The van der Waals surface area contributed by atoms with Gasteiger partial charge in [0.25, 0.3) is 0 Å². The van der Waals surface area contributed by atoms with Crippen LogP contribution in [0.1, 0.15) is 32.1 Å². The Bertz CT molecular complexity index is 939. The van der Waals surface area contributed by atoms with Crippen LogP contribution in [0.15, 0.2) is 23.1 Å². The maximum absolute atomic E-state index is 4.89. The van der Waals surface area contributed by atoms with Crippen LogP contribution in [-0.2, 0) is 0 Å². The zero-order chi connectivity index (χ0) is 19.5. The van der Waals surface area contributed by atoms with E-state index in [9.17, 15) is 0 Å². The first-order chi connectivity index (χ1) is 14.4. The highest BCUT2D eigenvalue weighted by atomic mass is 16.6. The molecule has 0 amide bonds. The molecule has 0 aliphatic carbocycles. The van der Waals surface area contributed by atoms with Crippen molar-refractivity contribution in [2.45, 2.75) is 32.1 Å². The van der Waals surface area contributed by atoms with E-state index in [-0.39, 0.29) is 0 Å². The van der Waals surface area contributed by atoms with Crippen molar-refractivity contribution in [3.8, 4) is 0 Å². The molecule has 0 N–H and O–H groups in total. The topological polar surface area (TPSA) is 100 Å². The summed E-state index contributed by atoms with van der Waals surface area (Å²) < 4.78 is 4.89. The summed E-state index contributed by atoms with van der Waals surface area (Å²) in [5, 5.41) is 7.85. The summed E-state index contributed by atoms with van der Waals surface area (Å²) in [5.74, 6) is 2.56. The fourth-order valence-corrected chi connectivity index (χ4v) is 4.11. The first-order valence-corrected chi connectivity index (χ1v) is 10.4. The summed E-state index contributed by atoms with van der Waals surface area (Å²) in [6.45, 7) is 5.47. The molecular weight excluding hydrogens is 370 g/mol. The molecular formula is C19H25N9O. The van der Waals surface area contributed by atoms with Gasteiger partial charge in [-0.3, -0.25) is 0 Å². The van der Waals surface area contributed by atoms with Crippen LogP contribution < -0.4 is 14.7 Å². The maximum atomic E-state index is 4.89. The van der Waals surface area contributed by atoms with Gasteiger partial charge in [0.05, 0.1) is 0 Å². The molecule has 2 aliphatic rings. The van der Waals surface area contributed by atoms with E-state index in [0.717, 1.165) is 63.3 Å². The summed E-state index contributed by atoms with van der Waals surface area (Å²) in [6.07, 6.45) is 9.46. The molecule has 152 valence electrons. The molecule has 2 saturated heterocycles. The SMILES string of the molecule is c1cnc(N2CCCN(c3nc4nonc4nc3N3CCCCCC3)CC2)nc1. The van der Waals surface area contributed by atoms with E-state index >= 15 is 0 Å². The third-order valence-electron chi connectivity index (χ3n) is 5.61. The molecule has 10 heteroatoms. The van der Waals surface area contributed by atoms with Gasteiger partial charge < -0.3 is 14.7 Å². The molecule has 2 aliphatic heterocycles. The lowest BCUT2D eigenvalue weighted by Gasteiger charge is -2.29. The lowest BCUT2D eigenvalue weighted by Crippen LogP contribution is -2.34. The Balaban J connectivity index is 1.44. The fraction of sp³-hybridized carbons (Fsp3) is 0.579. The van der Waals surface area contributed by atoms with Crippen LogP contribution in [0.5, 0.6) is 0 Å². The number of hydrogen-bond acceptors (Lipinski definition) is 10. The van der Waals surface area contributed by atoms with E-state index in [1.807, 2.05) is 6.07 Å². The van der Waals surface area contributed by atoms with Gasteiger partial charge in [-0.05, 0) is 35.6 Å². The Morgan fingerprint density at radius 1 is 0.621 bits per heavy atom. The van der Waals surface area contributed by atoms with Crippen LogP contribution in [0, 0.1) is 0 Å². The van der Waals surface area contributed by atoms with Crippen LogP contribution >= 0.6 is 0 Å². The minimum atomic E-state index is 0.464. The standard InChI is InChI=1S/C19H25N9O/c1-2-4-10-26(9-3-1)17-18(23-16-15(22-17)24-29-25-16)27-11-6-12-28(14-13-27)19-20-7-5-8-21-19/h5,7-8H,1-4,6,9-14H2. The van der Waals surface area contributed by atoms with Crippen molar-refractivity contribution in [2.75, 3.05) is 54.0 Å². The van der Waals surface area contributed by atoms with Crippen molar-refractivity contribution >= 4 is 28.9 Å². The highest BCUT2D eigenvalue weighted by Crippen LogP contribution is 2.30. The predicted molar refractivity (Wildman–Crippen MR) is 109 cm³/mol. The largest absolute Gasteiger partial charge is 0.353 e. The lowest BCUT2D eigenvalue weighted by atomic mass is 10.2. The van der Waals surface area contributed by atoms with Crippen molar-refractivity contribution in [1.29, 1.82) is 0 Å². The second-order valence-corrected chi connectivity index (χ2v) is 7.56. The molecule has 0 saturated carbocycles. The maximum Gasteiger partial charge on any atom is 0.245 e. The molecule has 0 atom stereocenters. The quantitative estimate of drug-likeness (QED) is 0.653. The second-order valence-electron chi connectivity index (χ2n) is 7.56. The summed E-state index contributed by atoms with van der Waals surface area (Å²) in [5.41, 5.74) is 0.938. The highest BCUT2D eigenvalue weighted by Gasteiger charge is 2.25. The molecule has 10 nitrogen and oxygen atoms in total. The molecule has 3 aromatic rings. The first kappa shape index (κ1) is 18.0. The zero-order valence-electron chi connectivity index (χ0n) is 16.4. The van der Waals surface area contributed by atoms with Crippen LogP contribution in [-0.4, -0.2) is 69.5 Å². The van der Waals surface area contributed by atoms with Gasteiger partial charge in [-0.25, -0.2) is 24.6 Å². The summed E-state index contributed by atoms with van der Waals surface area (Å²) in [6, 6.07) is 1.85. The predicted octanol–water partition coefficient (Wildman–Crippen LogP) is 1.90. The smallest absolute Gasteiger partial charge is 0.245 e. The van der Waals surface area contributed by atoms with Crippen LogP contribution in [0.3, 0.4) is 0 Å². The molecule has 0 spiro atoms. The highest BCUT2D eigenvalue weighted by molar-refractivity contribution is 5.74. The number of fused-ring (bicyclic) bond motifs is 1. The van der Waals surface area contributed by atoms with Gasteiger partial charge in [0, 0.05) is 51.7 Å². The Kier molecular flexibility index (Phi) is 5.06. The van der Waals surface area contributed by atoms with Crippen molar-refractivity contribution in [2.24, 2.45) is 0 Å².